The number of phenolic OH excluding ortho intramolecular Hbond substituents is 1. The van der Waals surface area contributed by atoms with Crippen molar-refractivity contribution >= 4 is 12.4 Å². The zero-order chi connectivity index (χ0) is 11.4. The molecule has 0 unspecified atom stereocenters. The molecule has 0 radical (unpaired) electrons. The molecule has 0 bridgehead atoms. The van der Waals surface area contributed by atoms with Crippen molar-refractivity contribution in [3.63, 3.8) is 0 Å². The molecule has 88 valence electrons. The van der Waals surface area contributed by atoms with Crippen LogP contribution in [0.1, 0.15) is 17.2 Å². The van der Waals surface area contributed by atoms with Crippen LogP contribution in [0.3, 0.4) is 0 Å². The van der Waals surface area contributed by atoms with Gasteiger partial charge in [-0.15, -0.1) is 12.4 Å². The zero-order valence-electron chi connectivity index (χ0n) is 8.61. The van der Waals surface area contributed by atoms with Crippen molar-refractivity contribution < 1.29 is 14.2 Å². The van der Waals surface area contributed by atoms with Gasteiger partial charge in [0.2, 0.25) is 0 Å². The molecule has 0 heterocycles. The highest BCUT2D eigenvalue weighted by Gasteiger charge is 2.19. The minimum absolute atomic E-state index is 0. The van der Waals surface area contributed by atoms with Gasteiger partial charge in [0, 0.05) is 5.56 Å². The Kier molecular flexibility index (Phi) is 5.57. The van der Waals surface area contributed by atoms with Crippen LogP contribution in [0, 0.1) is 11.3 Å². The average Bonchev–Trinajstić information content (AvgIpc) is 2.27. The van der Waals surface area contributed by atoms with E-state index in [0.29, 0.717) is 0 Å². The summed E-state index contributed by atoms with van der Waals surface area (Å²) in [4.78, 5) is 0. The second-order valence-electron chi connectivity index (χ2n) is 2.95. The Morgan fingerprint density at radius 3 is 2.69 bits per heavy atom. The highest BCUT2D eigenvalue weighted by atomic mass is 35.5. The molecule has 0 amide bonds. The van der Waals surface area contributed by atoms with Crippen molar-refractivity contribution in [2.75, 3.05) is 13.8 Å². The van der Waals surface area contributed by atoms with Gasteiger partial charge in [0.15, 0.2) is 11.5 Å². The standard InChI is InChI=1S/C10H11FN2O2.ClH/c1-15-8-3-2-6(5-12)9(10(8)14)7(13)4-11;/h2-3,7,14H,4,13H2,1H3;1H/t7-;/m0./s1. The first kappa shape index (κ1) is 14.5. The van der Waals surface area contributed by atoms with E-state index in [2.05, 4.69) is 0 Å². The average molecular weight is 247 g/mol. The number of nitrogens with two attached hydrogens (primary N) is 1. The third-order valence-corrected chi connectivity index (χ3v) is 2.06. The Morgan fingerprint density at radius 1 is 1.62 bits per heavy atom. The SMILES string of the molecule is COc1ccc(C#N)c([C@@H](N)CF)c1O.Cl. The van der Waals surface area contributed by atoms with Gasteiger partial charge in [-0.05, 0) is 12.1 Å². The molecule has 1 aromatic rings. The third-order valence-electron chi connectivity index (χ3n) is 2.06. The molecule has 0 spiro atoms. The summed E-state index contributed by atoms with van der Waals surface area (Å²) in [5.74, 6) is -0.102. The van der Waals surface area contributed by atoms with Crippen molar-refractivity contribution in [3.05, 3.63) is 23.3 Å². The Balaban J connectivity index is 0.00000225. The number of nitrogens with zero attached hydrogens (tertiary/aromatic N) is 1. The van der Waals surface area contributed by atoms with Crippen molar-refractivity contribution in [3.8, 4) is 17.6 Å². The van der Waals surface area contributed by atoms with Crippen LogP contribution in [0.2, 0.25) is 0 Å². The third kappa shape index (κ3) is 2.54. The molecule has 0 aromatic heterocycles. The topological polar surface area (TPSA) is 79.3 Å². The van der Waals surface area contributed by atoms with Crippen molar-refractivity contribution in [1.29, 1.82) is 5.26 Å². The van der Waals surface area contributed by atoms with Crippen LogP contribution in [-0.2, 0) is 0 Å². The maximum Gasteiger partial charge on any atom is 0.163 e. The predicted octanol–water partition coefficient (Wildman–Crippen LogP) is 1.66. The van der Waals surface area contributed by atoms with E-state index in [9.17, 15) is 9.50 Å². The Morgan fingerprint density at radius 2 is 2.25 bits per heavy atom. The molecular formula is C10H12ClFN2O2. The van der Waals surface area contributed by atoms with Crippen LogP contribution in [0.5, 0.6) is 11.5 Å². The molecular weight excluding hydrogens is 235 g/mol. The number of rotatable bonds is 3. The van der Waals surface area contributed by atoms with Gasteiger partial charge in [0.25, 0.3) is 0 Å². The first-order chi connectivity index (χ1) is 7.15. The molecule has 0 aliphatic carbocycles. The maximum atomic E-state index is 12.4. The summed E-state index contributed by atoms with van der Waals surface area (Å²) in [7, 11) is 1.37. The van der Waals surface area contributed by atoms with Gasteiger partial charge in [-0.1, -0.05) is 0 Å². The molecule has 0 saturated carbocycles. The summed E-state index contributed by atoms with van der Waals surface area (Å²) in [6.07, 6.45) is 0. The minimum Gasteiger partial charge on any atom is -0.504 e. The van der Waals surface area contributed by atoms with E-state index in [4.69, 9.17) is 15.7 Å². The number of phenols is 1. The number of aromatic hydroxyl groups is 1. The molecule has 3 N–H and O–H groups in total. The van der Waals surface area contributed by atoms with Gasteiger partial charge in [0.1, 0.15) is 6.67 Å². The number of hydrogen-bond donors (Lipinski definition) is 2. The predicted molar refractivity (Wildman–Crippen MR) is 59.5 cm³/mol. The van der Waals surface area contributed by atoms with Gasteiger partial charge in [-0.3, -0.25) is 0 Å². The first-order valence-electron chi connectivity index (χ1n) is 4.27. The van der Waals surface area contributed by atoms with Crippen LogP contribution < -0.4 is 10.5 Å². The highest BCUT2D eigenvalue weighted by Crippen LogP contribution is 2.35. The van der Waals surface area contributed by atoms with Crippen molar-refractivity contribution in [2.45, 2.75) is 6.04 Å². The van der Waals surface area contributed by atoms with E-state index < -0.39 is 12.7 Å². The molecule has 6 heteroatoms. The van der Waals surface area contributed by atoms with Gasteiger partial charge in [0.05, 0.1) is 24.8 Å². The molecule has 16 heavy (non-hydrogen) atoms. The van der Waals surface area contributed by atoms with E-state index in [-0.39, 0.29) is 35.0 Å². The summed E-state index contributed by atoms with van der Waals surface area (Å²) >= 11 is 0. The van der Waals surface area contributed by atoms with Crippen LogP contribution in [0.4, 0.5) is 4.39 Å². The Hall–Kier alpha value is -1.51. The number of halogens is 2. The molecule has 0 fully saturated rings. The lowest BCUT2D eigenvalue weighted by Gasteiger charge is -2.14. The maximum absolute atomic E-state index is 12.4. The van der Waals surface area contributed by atoms with Crippen LogP contribution >= 0.6 is 12.4 Å². The van der Waals surface area contributed by atoms with E-state index >= 15 is 0 Å². The van der Waals surface area contributed by atoms with E-state index in [1.54, 1.807) is 0 Å². The summed E-state index contributed by atoms with van der Waals surface area (Å²) in [6, 6.07) is 3.69. The van der Waals surface area contributed by atoms with Crippen LogP contribution in [0.25, 0.3) is 0 Å². The first-order valence-corrected chi connectivity index (χ1v) is 4.27. The number of ether oxygens (including phenoxy) is 1. The molecule has 1 aromatic carbocycles. The van der Waals surface area contributed by atoms with Gasteiger partial charge in [-0.25, -0.2) is 4.39 Å². The highest BCUT2D eigenvalue weighted by molar-refractivity contribution is 5.85. The fourth-order valence-electron chi connectivity index (χ4n) is 1.30. The monoisotopic (exact) mass is 246 g/mol. The molecule has 0 saturated heterocycles. The second kappa shape index (κ2) is 6.16. The van der Waals surface area contributed by atoms with Crippen LogP contribution in [0.15, 0.2) is 12.1 Å². The summed E-state index contributed by atoms with van der Waals surface area (Å²) in [5.41, 5.74) is 5.69. The van der Waals surface area contributed by atoms with Crippen molar-refractivity contribution in [2.24, 2.45) is 5.73 Å². The normalized spacial score (nSPS) is 11.1. The smallest absolute Gasteiger partial charge is 0.163 e. The summed E-state index contributed by atoms with van der Waals surface area (Å²) in [5, 5.41) is 18.5. The van der Waals surface area contributed by atoms with Gasteiger partial charge in [-0.2, -0.15) is 5.26 Å². The van der Waals surface area contributed by atoms with Gasteiger partial charge >= 0.3 is 0 Å². The van der Waals surface area contributed by atoms with E-state index in [1.807, 2.05) is 6.07 Å². The second-order valence-corrected chi connectivity index (χ2v) is 2.95. The quantitative estimate of drug-likeness (QED) is 0.850. The lowest BCUT2D eigenvalue weighted by atomic mass is 10.0. The lowest BCUT2D eigenvalue weighted by Crippen LogP contribution is -2.14. The molecule has 0 aliphatic heterocycles. The van der Waals surface area contributed by atoms with E-state index in [0.717, 1.165) is 0 Å². The van der Waals surface area contributed by atoms with Gasteiger partial charge < -0.3 is 15.6 Å². The molecule has 4 nitrogen and oxygen atoms in total. The fraction of sp³-hybridized carbons (Fsp3) is 0.300. The Bertz CT molecular complexity index is 407. The zero-order valence-corrected chi connectivity index (χ0v) is 9.42. The largest absolute Gasteiger partial charge is 0.504 e. The molecule has 0 aliphatic rings. The van der Waals surface area contributed by atoms with Crippen molar-refractivity contribution in [1.82, 2.24) is 0 Å². The Labute approximate surface area is 98.9 Å². The van der Waals surface area contributed by atoms with Crippen LogP contribution in [-0.4, -0.2) is 18.9 Å². The molecule has 1 atom stereocenters. The summed E-state index contributed by atoms with van der Waals surface area (Å²) in [6.45, 7) is -0.852. The minimum atomic E-state index is -1.02. The summed E-state index contributed by atoms with van der Waals surface area (Å²) < 4.78 is 17.3. The number of hydrogen-bond acceptors (Lipinski definition) is 4. The van der Waals surface area contributed by atoms with E-state index in [1.165, 1.54) is 19.2 Å². The number of benzene rings is 1. The number of nitriles is 1. The fourth-order valence-corrected chi connectivity index (χ4v) is 1.30. The lowest BCUT2D eigenvalue weighted by molar-refractivity contribution is 0.362. The number of methoxy groups -OCH3 is 1. The molecule has 1 rings (SSSR count). The number of alkyl halides is 1.